The van der Waals surface area contributed by atoms with E-state index in [0.29, 0.717) is 28.1 Å². The Morgan fingerprint density at radius 2 is 2.00 bits per heavy atom. The highest BCUT2D eigenvalue weighted by Crippen LogP contribution is 2.42. The van der Waals surface area contributed by atoms with E-state index in [9.17, 15) is 13.8 Å². The fraction of sp³-hybridized carbons (Fsp3) is 0.381. The van der Waals surface area contributed by atoms with Crippen molar-refractivity contribution in [2.24, 2.45) is 0 Å². The summed E-state index contributed by atoms with van der Waals surface area (Å²) in [5.41, 5.74) is -0.454. The van der Waals surface area contributed by atoms with Gasteiger partial charge in [0.25, 0.3) is 5.91 Å². The minimum Gasteiger partial charge on any atom is -0.382 e. The van der Waals surface area contributed by atoms with Crippen molar-refractivity contribution < 1.29 is 28.1 Å². The molecule has 3 aromatic rings. The van der Waals surface area contributed by atoms with E-state index in [-0.39, 0.29) is 11.6 Å². The van der Waals surface area contributed by atoms with Gasteiger partial charge in [0.15, 0.2) is 11.5 Å². The molecule has 12 nitrogen and oxygen atoms in total. The zero-order valence-electron chi connectivity index (χ0n) is 19.4. The molecule has 4 N–H and O–H groups in total. The summed E-state index contributed by atoms with van der Waals surface area (Å²) in [5, 5.41) is 19.5. The van der Waals surface area contributed by atoms with Crippen molar-refractivity contribution in [3.05, 3.63) is 41.9 Å². The van der Waals surface area contributed by atoms with Crippen molar-refractivity contribution in [2.45, 2.75) is 45.5 Å². The number of pyridine rings is 2. The van der Waals surface area contributed by atoms with E-state index >= 15 is 0 Å². The Kier molecular flexibility index (Phi) is 7.52. The molecule has 0 saturated carbocycles. The first-order valence-electron chi connectivity index (χ1n) is 10.5. The highest BCUT2D eigenvalue weighted by atomic mass is 31.2. The van der Waals surface area contributed by atoms with Gasteiger partial charge in [-0.3, -0.25) is 9.32 Å². The number of hydrogen-bond acceptors (Lipinski definition) is 8. The maximum Gasteiger partial charge on any atom is 0.470 e. The maximum absolute atomic E-state index is 14.6. The number of hydrogen-bond donors (Lipinski definition) is 4. The largest absolute Gasteiger partial charge is 0.470 e. The van der Waals surface area contributed by atoms with E-state index in [1.165, 1.54) is 30.9 Å². The molecule has 1 atom stereocenters. The fourth-order valence-electron chi connectivity index (χ4n) is 3.21. The second-order valence-electron chi connectivity index (χ2n) is 8.56. The molecule has 0 saturated heterocycles. The fourth-order valence-corrected chi connectivity index (χ4v) is 3.94. The lowest BCUT2D eigenvalue weighted by Gasteiger charge is -2.29. The average Bonchev–Trinajstić information content (AvgIpc) is 3.18. The maximum atomic E-state index is 14.6. The van der Waals surface area contributed by atoms with Gasteiger partial charge in [-0.2, -0.15) is 15.0 Å². The number of aromatic nitrogens is 4. The van der Waals surface area contributed by atoms with Gasteiger partial charge in [0.05, 0.1) is 29.6 Å². The van der Waals surface area contributed by atoms with Crippen LogP contribution in [0.2, 0.25) is 0 Å². The third kappa shape index (κ3) is 6.37. The molecule has 3 heterocycles. The number of rotatable bonds is 9. The Hall–Kier alpha value is -3.43. The molecule has 0 fully saturated rings. The lowest BCUT2D eigenvalue weighted by Crippen LogP contribution is -2.43. The Morgan fingerprint density at radius 3 is 2.63 bits per heavy atom. The van der Waals surface area contributed by atoms with Gasteiger partial charge in [0, 0.05) is 29.9 Å². The minimum atomic E-state index is -4.92. The number of amides is 1. The SMILES string of the molecule is CC(C)Nc1cc(-n2ncc3cc(C#N)cnc32)ncc1C(=O)NCC(F)C(C)(C)OP(=O)(O)O. The first-order valence-corrected chi connectivity index (χ1v) is 12.0. The Bertz CT molecular complexity index is 1330. The molecule has 0 aliphatic rings. The molecular weight excluding hydrogens is 480 g/mol. The van der Waals surface area contributed by atoms with Gasteiger partial charge in [0.1, 0.15) is 17.8 Å². The summed E-state index contributed by atoms with van der Waals surface area (Å²) in [4.78, 5) is 39.3. The van der Waals surface area contributed by atoms with Crippen LogP contribution in [0.5, 0.6) is 0 Å². The molecular formula is C21H25FN7O5P. The van der Waals surface area contributed by atoms with Gasteiger partial charge < -0.3 is 20.4 Å². The van der Waals surface area contributed by atoms with Crippen molar-refractivity contribution >= 4 is 30.5 Å². The summed E-state index contributed by atoms with van der Waals surface area (Å²) in [5.74, 6) is -0.291. The van der Waals surface area contributed by atoms with Gasteiger partial charge in [-0.25, -0.2) is 18.9 Å². The monoisotopic (exact) mass is 505 g/mol. The number of carbonyl (C=O) groups excluding carboxylic acids is 1. The van der Waals surface area contributed by atoms with Crippen molar-refractivity contribution in [2.75, 3.05) is 11.9 Å². The van der Waals surface area contributed by atoms with Crippen LogP contribution in [-0.4, -0.2) is 59.8 Å². The molecule has 186 valence electrons. The van der Waals surface area contributed by atoms with E-state index in [1.807, 2.05) is 19.9 Å². The number of nitrogens with zero attached hydrogens (tertiary/aromatic N) is 5. The molecule has 0 aliphatic heterocycles. The summed E-state index contributed by atoms with van der Waals surface area (Å²) in [6, 6.07) is 5.19. The lowest BCUT2D eigenvalue weighted by atomic mass is 10.0. The molecule has 0 aliphatic carbocycles. The first-order chi connectivity index (χ1) is 16.3. The summed E-state index contributed by atoms with van der Waals surface area (Å²) in [7, 11) is -4.92. The zero-order valence-corrected chi connectivity index (χ0v) is 20.3. The second kappa shape index (κ2) is 10.1. The standard InChI is InChI=1S/C21H25FN7O5P/c1-12(2)28-16-6-18(29-19-14(9-27-29)5-13(7-23)8-25-19)24-10-15(16)20(30)26-11-17(22)21(3,4)34-35(31,32)33/h5-6,8-10,12,17H,11H2,1-4H3,(H,24,28)(H,26,30)(H2,31,32,33). The number of nitrogens with one attached hydrogen (secondary N) is 2. The Morgan fingerprint density at radius 1 is 1.29 bits per heavy atom. The van der Waals surface area contributed by atoms with Crippen LogP contribution in [0.3, 0.4) is 0 Å². The highest BCUT2D eigenvalue weighted by Gasteiger charge is 2.37. The topological polar surface area (TPSA) is 175 Å². The molecule has 0 radical (unpaired) electrons. The van der Waals surface area contributed by atoms with E-state index in [1.54, 1.807) is 18.3 Å². The number of alkyl halides is 1. The number of fused-ring (bicyclic) bond motifs is 1. The lowest BCUT2D eigenvalue weighted by molar-refractivity contribution is -0.00230. The summed E-state index contributed by atoms with van der Waals surface area (Å²) in [6.45, 7) is 5.54. The number of halogens is 1. The molecule has 1 amide bonds. The molecule has 1 unspecified atom stereocenters. The predicted molar refractivity (Wildman–Crippen MR) is 125 cm³/mol. The summed E-state index contributed by atoms with van der Waals surface area (Å²) in [6.07, 6.45) is 2.36. The number of phosphoric acid groups is 1. The average molecular weight is 505 g/mol. The van der Waals surface area contributed by atoms with Gasteiger partial charge in [-0.15, -0.1) is 0 Å². The Labute approximate surface area is 200 Å². The number of carbonyl (C=O) groups is 1. The van der Waals surface area contributed by atoms with Crippen LogP contribution in [0, 0.1) is 11.3 Å². The first kappa shape index (κ1) is 26.2. The number of nitriles is 1. The molecule has 0 aromatic carbocycles. The smallest absolute Gasteiger partial charge is 0.382 e. The van der Waals surface area contributed by atoms with Crippen LogP contribution < -0.4 is 10.6 Å². The molecule has 35 heavy (non-hydrogen) atoms. The van der Waals surface area contributed by atoms with Crippen molar-refractivity contribution in [1.82, 2.24) is 25.1 Å². The van der Waals surface area contributed by atoms with Crippen molar-refractivity contribution in [3.8, 4) is 11.9 Å². The van der Waals surface area contributed by atoms with Crippen molar-refractivity contribution in [3.63, 3.8) is 0 Å². The van der Waals surface area contributed by atoms with Crippen LogP contribution in [0.25, 0.3) is 16.9 Å². The summed E-state index contributed by atoms with van der Waals surface area (Å²) >= 11 is 0. The van der Waals surface area contributed by atoms with E-state index in [0.717, 1.165) is 0 Å². The third-order valence-corrected chi connectivity index (χ3v) is 5.59. The summed E-state index contributed by atoms with van der Waals surface area (Å²) < 4.78 is 31.6. The molecule has 3 rings (SSSR count). The second-order valence-corrected chi connectivity index (χ2v) is 9.72. The predicted octanol–water partition coefficient (Wildman–Crippen LogP) is 2.46. The molecule has 0 spiro atoms. The minimum absolute atomic E-state index is 0.0630. The highest BCUT2D eigenvalue weighted by molar-refractivity contribution is 7.46. The van der Waals surface area contributed by atoms with Crippen molar-refractivity contribution in [1.29, 1.82) is 5.26 Å². The Balaban J connectivity index is 1.86. The van der Waals surface area contributed by atoms with Crippen LogP contribution in [0.15, 0.2) is 30.7 Å². The molecule has 14 heteroatoms. The van der Waals surface area contributed by atoms with Gasteiger partial charge >= 0.3 is 7.82 Å². The zero-order chi connectivity index (χ0) is 26.0. The van der Waals surface area contributed by atoms with Gasteiger partial charge in [-0.1, -0.05) is 0 Å². The molecule has 0 bridgehead atoms. The van der Waals surface area contributed by atoms with E-state index in [4.69, 9.17) is 15.0 Å². The van der Waals surface area contributed by atoms with E-state index in [2.05, 4.69) is 30.2 Å². The van der Waals surface area contributed by atoms with Gasteiger partial charge in [-0.05, 0) is 33.8 Å². The third-order valence-electron chi connectivity index (χ3n) is 4.88. The van der Waals surface area contributed by atoms with Crippen LogP contribution in [0.1, 0.15) is 43.6 Å². The number of anilines is 1. The van der Waals surface area contributed by atoms with Gasteiger partial charge in [0.2, 0.25) is 0 Å². The quantitative estimate of drug-likeness (QED) is 0.316. The van der Waals surface area contributed by atoms with Crippen LogP contribution in [-0.2, 0) is 9.09 Å². The normalized spacial score (nSPS) is 13.0. The molecule has 3 aromatic heterocycles. The van der Waals surface area contributed by atoms with Crippen LogP contribution in [0.4, 0.5) is 10.1 Å². The van der Waals surface area contributed by atoms with Crippen LogP contribution >= 0.6 is 7.82 Å². The van der Waals surface area contributed by atoms with E-state index < -0.39 is 32.0 Å². The number of phosphoric ester groups is 1.